The van der Waals surface area contributed by atoms with Crippen LogP contribution in [-0.4, -0.2) is 71.1 Å². The molecule has 2 atom stereocenters. The fourth-order valence-corrected chi connectivity index (χ4v) is 3.36. The number of morpholine rings is 1. The number of likely N-dealkylation sites (tertiary alicyclic amines) is 1. The van der Waals surface area contributed by atoms with Gasteiger partial charge in [-0.15, -0.1) is 0 Å². The average Bonchev–Trinajstić information content (AvgIpc) is 2.54. The van der Waals surface area contributed by atoms with Gasteiger partial charge in [-0.3, -0.25) is 9.69 Å². The van der Waals surface area contributed by atoms with Gasteiger partial charge in [0.05, 0.1) is 30.0 Å². The van der Waals surface area contributed by atoms with Crippen molar-refractivity contribution in [1.82, 2.24) is 19.8 Å². The number of carbonyl (C=O) groups is 1. The van der Waals surface area contributed by atoms with Crippen LogP contribution in [-0.2, 0) is 4.74 Å². The topological polar surface area (TPSA) is 58.6 Å². The Hall–Kier alpha value is -1.53. The molecular weight excluding hydrogens is 280 g/mol. The number of nitrogens with zero attached hydrogens (tertiary/aromatic N) is 4. The maximum absolute atomic E-state index is 12.9. The van der Waals surface area contributed by atoms with E-state index in [9.17, 15) is 4.79 Å². The maximum Gasteiger partial charge on any atom is 0.257 e. The molecule has 22 heavy (non-hydrogen) atoms. The SMILES string of the molecule is CC(C)c1ncncc1C(=O)N1CC[C@@H]2OCCN(C)[C@@H]2C1. The number of fused-ring (bicyclic) bond motifs is 1. The second kappa shape index (κ2) is 6.30. The highest BCUT2D eigenvalue weighted by Gasteiger charge is 2.37. The number of carbonyl (C=O) groups excluding carboxylic acids is 1. The number of hydrogen-bond acceptors (Lipinski definition) is 5. The third-order valence-electron chi connectivity index (χ3n) is 4.67. The Balaban J connectivity index is 1.78. The van der Waals surface area contributed by atoms with Gasteiger partial charge >= 0.3 is 0 Å². The van der Waals surface area contributed by atoms with E-state index in [4.69, 9.17) is 4.74 Å². The van der Waals surface area contributed by atoms with Crippen LogP contribution in [0.4, 0.5) is 0 Å². The van der Waals surface area contributed by atoms with Gasteiger partial charge < -0.3 is 9.64 Å². The number of ether oxygens (including phenoxy) is 1. The minimum atomic E-state index is 0.0433. The van der Waals surface area contributed by atoms with Crippen LogP contribution >= 0.6 is 0 Å². The van der Waals surface area contributed by atoms with E-state index >= 15 is 0 Å². The molecule has 0 bridgehead atoms. The highest BCUT2D eigenvalue weighted by molar-refractivity contribution is 5.95. The first kappa shape index (κ1) is 15.4. The van der Waals surface area contributed by atoms with Crippen LogP contribution in [0.5, 0.6) is 0 Å². The maximum atomic E-state index is 12.9. The summed E-state index contributed by atoms with van der Waals surface area (Å²) in [4.78, 5) is 25.5. The molecule has 120 valence electrons. The van der Waals surface area contributed by atoms with E-state index in [1.165, 1.54) is 6.33 Å². The number of hydrogen-bond donors (Lipinski definition) is 0. The number of rotatable bonds is 2. The van der Waals surface area contributed by atoms with E-state index in [0.29, 0.717) is 18.2 Å². The van der Waals surface area contributed by atoms with Crippen LogP contribution in [0.1, 0.15) is 42.2 Å². The Morgan fingerprint density at radius 2 is 2.23 bits per heavy atom. The molecule has 2 aliphatic rings. The summed E-state index contributed by atoms with van der Waals surface area (Å²) in [6.45, 7) is 7.26. The van der Waals surface area contributed by atoms with Crippen LogP contribution in [0.15, 0.2) is 12.5 Å². The molecule has 3 heterocycles. The normalized spacial score (nSPS) is 26.1. The lowest BCUT2D eigenvalue weighted by molar-refractivity contribution is -0.0893. The Labute approximate surface area is 131 Å². The molecule has 6 heteroatoms. The van der Waals surface area contributed by atoms with E-state index in [2.05, 4.69) is 21.9 Å². The van der Waals surface area contributed by atoms with Crippen molar-refractivity contribution in [3.8, 4) is 0 Å². The van der Waals surface area contributed by atoms with Gasteiger partial charge in [-0.25, -0.2) is 9.97 Å². The monoisotopic (exact) mass is 304 g/mol. The molecule has 1 aromatic heterocycles. The fraction of sp³-hybridized carbons (Fsp3) is 0.688. The Kier molecular flexibility index (Phi) is 4.40. The van der Waals surface area contributed by atoms with Crippen molar-refractivity contribution in [2.45, 2.75) is 38.3 Å². The summed E-state index contributed by atoms with van der Waals surface area (Å²) < 4.78 is 5.84. The van der Waals surface area contributed by atoms with Crippen LogP contribution in [0.2, 0.25) is 0 Å². The molecule has 0 aromatic carbocycles. The lowest BCUT2D eigenvalue weighted by Gasteiger charge is -2.45. The van der Waals surface area contributed by atoms with E-state index in [1.54, 1.807) is 6.20 Å². The zero-order chi connectivity index (χ0) is 15.7. The van der Waals surface area contributed by atoms with Crippen molar-refractivity contribution >= 4 is 5.91 Å². The predicted molar refractivity (Wildman–Crippen MR) is 82.8 cm³/mol. The molecule has 0 unspecified atom stereocenters. The smallest absolute Gasteiger partial charge is 0.257 e. The highest BCUT2D eigenvalue weighted by Crippen LogP contribution is 2.24. The number of likely N-dealkylation sites (N-methyl/N-ethyl adjacent to an activating group) is 1. The second-order valence-electron chi connectivity index (χ2n) is 6.47. The van der Waals surface area contributed by atoms with E-state index < -0.39 is 0 Å². The second-order valence-corrected chi connectivity index (χ2v) is 6.47. The molecule has 0 N–H and O–H groups in total. The van der Waals surface area contributed by atoms with Gasteiger partial charge in [-0.1, -0.05) is 13.8 Å². The van der Waals surface area contributed by atoms with Gasteiger partial charge in [0.15, 0.2) is 0 Å². The first-order chi connectivity index (χ1) is 10.6. The molecule has 0 spiro atoms. The average molecular weight is 304 g/mol. The molecule has 3 rings (SSSR count). The van der Waals surface area contributed by atoms with Crippen molar-refractivity contribution in [2.24, 2.45) is 0 Å². The summed E-state index contributed by atoms with van der Waals surface area (Å²) >= 11 is 0. The minimum Gasteiger partial charge on any atom is -0.375 e. The first-order valence-corrected chi connectivity index (χ1v) is 7.99. The third-order valence-corrected chi connectivity index (χ3v) is 4.67. The molecule has 2 saturated heterocycles. The minimum absolute atomic E-state index is 0.0433. The number of aromatic nitrogens is 2. The quantitative estimate of drug-likeness (QED) is 0.820. The molecule has 6 nitrogen and oxygen atoms in total. The summed E-state index contributed by atoms with van der Waals surface area (Å²) in [5.41, 5.74) is 1.46. The largest absolute Gasteiger partial charge is 0.375 e. The number of amides is 1. The summed E-state index contributed by atoms with van der Waals surface area (Å²) in [7, 11) is 2.11. The van der Waals surface area contributed by atoms with Crippen LogP contribution in [0.25, 0.3) is 0 Å². The lowest BCUT2D eigenvalue weighted by atomic mass is 9.97. The van der Waals surface area contributed by atoms with Gasteiger partial charge in [-0.05, 0) is 19.4 Å². The summed E-state index contributed by atoms with van der Waals surface area (Å²) in [6, 6.07) is 0.290. The molecule has 2 aliphatic heterocycles. The third kappa shape index (κ3) is 2.85. The molecular formula is C16H24N4O2. The molecule has 0 radical (unpaired) electrons. The summed E-state index contributed by atoms with van der Waals surface area (Å²) in [5.74, 6) is 0.252. The zero-order valence-corrected chi connectivity index (χ0v) is 13.5. The van der Waals surface area contributed by atoms with Gasteiger partial charge in [0.2, 0.25) is 0 Å². The summed E-state index contributed by atoms with van der Waals surface area (Å²) in [5, 5.41) is 0. The highest BCUT2D eigenvalue weighted by atomic mass is 16.5. The predicted octanol–water partition coefficient (Wildman–Crippen LogP) is 1.15. The van der Waals surface area contributed by atoms with E-state index in [-0.39, 0.29) is 17.9 Å². The van der Waals surface area contributed by atoms with Crippen molar-refractivity contribution in [3.63, 3.8) is 0 Å². The van der Waals surface area contributed by atoms with Gasteiger partial charge in [0.25, 0.3) is 5.91 Å². The van der Waals surface area contributed by atoms with Crippen molar-refractivity contribution in [1.29, 1.82) is 0 Å². The summed E-state index contributed by atoms with van der Waals surface area (Å²) in [6.07, 6.45) is 4.31. The van der Waals surface area contributed by atoms with Crippen LogP contribution < -0.4 is 0 Å². The van der Waals surface area contributed by atoms with Gasteiger partial charge in [-0.2, -0.15) is 0 Å². The van der Waals surface area contributed by atoms with Gasteiger partial charge in [0, 0.05) is 25.8 Å². The molecule has 2 fully saturated rings. The standard InChI is InChI=1S/C16H24N4O2/c1-11(2)15-12(8-17-10-18-15)16(21)20-5-4-14-13(9-20)19(3)6-7-22-14/h8,10-11,13-14H,4-7,9H2,1-3H3/t13-,14+/m1/s1. The van der Waals surface area contributed by atoms with Gasteiger partial charge in [0.1, 0.15) is 6.33 Å². The van der Waals surface area contributed by atoms with Crippen LogP contribution in [0, 0.1) is 0 Å². The lowest BCUT2D eigenvalue weighted by Crippen LogP contribution is -2.59. The Bertz CT molecular complexity index is 549. The first-order valence-electron chi connectivity index (χ1n) is 7.99. The molecule has 0 aliphatic carbocycles. The zero-order valence-electron chi connectivity index (χ0n) is 13.5. The van der Waals surface area contributed by atoms with Crippen molar-refractivity contribution < 1.29 is 9.53 Å². The number of piperidine rings is 1. The molecule has 1 aromatic rings. The van der Waals surface area contributed by atoms with Crippen molar-refractivity contribution in [3.05, 3.63) is 23.8 Å². The Morgan fingerprint density at radius 1 is 1.41 bits per heavy atom. The van der Waals surface area contributed by atoms with Crippen LogP contribution in [0.3, 0.4) is 0 Å². The molecule has 1 amide bonds. The van der Waals surface area contributed by atoms with Crippen molar-refractivity contribution in [2.75, 3.05) is 33.3 Å². The fourth-order valence-electron chi connectivity index (χ4n) is 3.36. The van der Waals surface area contributed by atoms with E-state index in [1.807, 2.05) is 18.7 Å². The van der Waals surface area contributed by atoms with E-state index in [0.717, 1.165) is 31.8 Å². The Morgan fingerprint density at radius 3 is 3.00 bits per heavy atom. The molecule has 0 saturated carbocycles.